The quantitative estimate of drug-likeness (QED) is 0.857. The number of carboxylic acids is 1. The Bertz CT molecular complexity index is 590. The van der Waals surface area contributed by atoms with Gasteiger partial charge in [0.1, 0.15) is 6.04 Å². The van der Waals surface area contributed by atoms with Crippen molar-refractivity contribution in [2.75, 3.05) is 5.32 Å². The first-order chi connectivity index (χ1) is 8.75. The molecule has 1 aromatic carbocycles. The minimum Gasteiger partial charge on any atom is -0.480 e. The number of aliphatic carboxylic acids is 1. The van der Waals surface area contributed by atoms with Crippen LogP contribution in [-0.4, -0.2) is 27.3 Å². The number of anilines is 1. The molecular formula is C13H13N3O2. The Morgan fingerprint density at radius 1 is 1.39 bits per heavy atom. The van der Waals surface area contributed by atoms with Gasteiger partial charge in [-0.15, -0.1) is 5.10 Å². The maximum Gasteiger partial charge on any atom is 0.326 e. The van der Waals surface area contributed by atoms with Crippen molar-refractivity contribution in [2.45, 2.75) is 18.9 Å². The van der Waals surface area contributed by atoms with Crippen LogP contribution in [0, 0.1) is 5.92 Å². The Labute approximate surface area is 104 Å². The molecule has 2 aromatic rings. The van der Waals surface area contributed by atoms with Crippen molar-refractivity contribution in [2.24, 2.45) is 5.92 Å². The van der Waals surface area contributed by atoms with Crippen molar-refractivity contribution < 1.29 is 9.90 Å². The van der Waals surface area contributed by atoms with Crippen molar-refractivity contribution in [1.82, 2.24) is 10.2 Å². The number of rotatable bonds is 4. The fraction of sp³-hybridized carbons (Fsp3) is 0.308. The number of aromatic nitrogens is 2. The summed E-state index contributed by atoms with van der Waals surface area (Å²) in [5.41, 5.74) is 0. The lowest BCUT2D eigenvalue weighted by Crippen LogP contribution is -2.31. The van der Waals surface area contributed by atoms with Crippen LogP contribution in [0.15, 0.2) is 30.5 Å². The summed E-state index contributed by atoms with van der Waals surface area (Å²) in [7, 11) is 0. The lowest BCUT2D eigenvalue weighted by Gasteiger charge is -2.14. The van der Waals surface area contributed by atoms with E-state index in [0.29, 0.717) is 5.82 Å². The Balaban J connectivity index is 1.96. The number of carbonyl (C=O) groups is 1. The van der Waals surface area contributed by atoms with Crippen LogP contribution in [0.1, 0.15) is 12.8 Å². The number of carboxylic acid groups (broad SMARTS) is 1. The van der Waals surface area contributed by atoms with Gasteiger partial charge in [-0.25, -0.2) is 4.79 Å². The number of fused-ring (bicyclic) bond motifs is 1. The van der Waals surface area contributed by atoms with Gasteiger partial charge in [0.15, 0.2) is 5.82 Å². The molecule has 3 rings (SSSR count). The zero-order valence-corrected chi connectivity index (χ0v) is 9.71. The van der Waals surface area contributed by atoms with Gasteiger partial charge in [0, 0.05) is 10.8 Å². The van der Waals surface area contributed by atoms with E-state index in [4.69, 9.17) is 0 Å². The fourth-order valence-electron chi connectivity index (χ4n) is 2.09. The van der Waals surface area contributed by atoms with Crippen LogP contribution in [-0.2, 0) is 4.79 Å². The van der Waals surface area contributed by atoms with Crippen LogP contribution in [0.2, 0.25) is 0 Å². The molecule has 1 heterocycles. The molecule has 92 valence electrons. The summed E-state index contributed by atoms with van der Waals surface area (Å²) in [4.78, 5) is 11.2. The fourth-order valence-corrected chi connectivity index (χ4v) is 2.09. The van der Waals surface area contributed by atoms with Crippen LogP contribution < -0.4 is 5.32 Å². The van der Waals surface area contributed by atoms with Gasteiger partial charge in [-0.2, -0.15) is 5.10 Å². The highest BCUT2D eigenvalue weighted by atomic mass is 16.4. The topological polar surface area (TPSA) is 75.1 Å². The van der Waals surface area contributed by atoms with E-state index in [9.17, 15) is 9.90 Å². The minimum absolute atomic E-state index is 0.211. The molecule has 0 spiro atoms. The summed E-state index contributed by atoms with van der Waals surface area (Å²) in [6, 6.07) is 7.11. The summed E-state index contributed by atoms with van der Waals surface area (Å²) in [5, 5.41) is 22.0. The number of nitrogens with one attached hydrogen (secondary N) is 1. The highest BCUT2D eigenvalue weighted by Crippen LogP contribution is 2.34. The summed E-state index contributed by atoms with van der Waals surface area (Å²) in [5.74, 6) is -0.0668. The molecule has 1 aliphatic rings. The monoisotopic (exact) mass is 243 g/mol. The van der Waals surface area contributed by atoms with E-state index in [1.807, 2.05) is 24.3 Å². The summed E-state index contributed by atoms with van der Waals surface area (Å²) in [6.45, 7) is 0. The molecule has 0 radical (unpaired) electrons. The third-order valence-corrected chi connectivity index (χ3v) is 3.22. The second-order valence-electron chi connectivity index (χ2n) is 4.58. The number of benzene rings is 1. The second kappa shape index (κ2) is 4.25. The lowest BCUT2D eigenvalue weighted by atomic mass is 10.1. The molecule has 2 N–H and O–H groups in total. The first-order valence-corrected chi connectivity index (χ1v) is 5.95. The summed E-state index contributed by atoms with van der Waals surface area (Å²) < 4.78 is 0. The lowest BCUT2D eigenvalue weighted by molar-refractivity contribution is -0.138. The van der Waals surface area contributed by atoms with Crippen molar-refractivity contribution in [1.29, 1.82) is 0 Å². The number of hydrogen-bond acceptors (Lipinski definition) is 4. The van der Waals surface area contributed by atoms with Gasteiger partial charge in [-0.3, -0.25) is 0 Å². The maximum absolute atomic E-state index is 11.2. The number of hydrogen-bond donors (Lipinski definition) is 2. The van der Waals surface area contributed by atoms with Crippen molar-refractivity contribution in [3.8, 4) is 0 Å². The van der Waals surface area contributed by atoms with Crippen molar-refractivity contribution >= 4 is 22.6 Å². The Morgan fingerprint density at radius 3 is 2.89 bits per heavy atom. The zero-order chi connectivity index (χ0) is 12.5. The molecule has 0 amide bonds. The molecule has 18 heavy (non-hydrogen) atoms. The molecule has 0 aliphatic heterocycles. The zero-order valence-electron chi connectivity index (χ0n) is 9.71. The second-order valence-corrected chi connectivity index (χ2v) is 4.58. The van der Waals surface area contributed by atoms with Crippen LogP contribution >= 0.6 is 0 Å². The predicted octanol–water partition coefficient (Wildman–Crippen LogP) is 1.90. The van der Waals surface area contributed by atoms with Gasteiger partial charge < -0.3 is 10.4 Å². The van der Waals surface area contributed by atoms with Crippen LogP contribution in [0.5, 0.6) is 0 Å². The molecule has 1 fully saturated rings. The smallest absolute Gasteiger partial charge is 0.326 e. The minimum atomic E-state index is -0.827. The van der Waals surface area contributed by atoms with Crippen LogP contribution in [0.4, 0.5) is 5.82 Å². The SMILES string of the molecule is O=C(O)C(Nc1nncc2ccccc12)C1CC1. The summed E-state index contributed by atoms with van der Waals surface area (Å²) in [6.07, 6.45) is 3.59. The molecule has 0 saturated heterocycles. The molecule has 1 aromatic heterocycles. The summed E-state index contributed by atoms with van der Waals surface area (Å²) >= 11 is 0. The van der Waals surface area contributed by atoms with E-state index in [1.54, 1.807) is 6.20 Å². The third-order valence-electron chi connectivity index (χ3n) is 3.22. The van der Waals surface area contributed by atoms with E-state index in [1.165, 1.54) is 0 Å². The highest BCUT2D eigenvalue weighted by molar-refractivity contribution is 5.92. The molecular weight excluding hydrogens is 230 g/mol. The largest absolute Gasteiger partial charge is 0.480 e. The standard InChI is InChI=1S/C13H13N3O2/c17-13(18)11(8-5-6-8)15-12-10-4-2-1-3-9(10)7-14-16-12/h1-4,7-8,11H,5-6H2,(H,15,16)(H,17,18). The van der Waals surface area contributed by atoms with Gasteiger partial charge in [0.05, 0.1) is 6.20 Å². The highest BCUT2D eigenvalue weighted by Gasteiger charge is 2.36. The first-order valence-electron chi connectivity index (χ1n) is 5.95. The molecule has 0 bridgehead atoms. The van der Waals surface area contributed by atoms with Gasteiger partial charge in [-0.1, -0.05) is 24.3 Å². The van der Waals surface area contributed by atoms with E-state index in [2.05, 4.69) is 15.5 Å². The van der Waals surface area contributed by atoms with E-state index >= 15 is 0 Å². The molecule has 1 unspecified atom stereocenters. The normalized spacial score (nSPS) is 16.4. The van der Waals surface area contributed by atoms with Gasteiger partial charge in [-0.05, 0) is 18.8 Å². The average molecular weight is 243 g/mol. The molecule has 1 aliphatic carbocycles. The Kier molecular flexibility index (Phi) is 2.59. The molecule has 5 heteroatoms. The van der Waals surface area contributed by atoms with Crippen LogP contribution in [0.3, 0.4) is 0 Å². The molecule has 1 saturated carbocycles. The first kappa shape index (κ1) is 11.0. The van der Waals surface area contributed by atoms with Crippen molar-refractivity contribution in [3.05, 3.63) is 30.5 Å². The maximum atomic E-state index is 11.2. The third kappa shape index (κ3) is 1.99. The van der Waals surface area contributed by atoms with E-state index < -0.39 is 12.0 Å². The predicted molar refractivity (Wildman–Crippen MR) is 67.3 cm³/mol. The van der Waals surface area contributed by atoms with Crippen molar-refractivity contribution in [3.63, 3.8) is 0 Å². The van der Waals surface area contributed by atoms with Crippen LogP contribution in [0.25, 0.3) is 10.8 Å². The van der Waals surface area contributed by atoms with E-state index in [-0.39, 0.29) is 5.92 Å². The van der Waals surface area contributed by atoms with Gasteiger partial charge in [0.2, 0.25) is 0 Å². The molecule has 1 atom stereocenters. The van der Waals surface area contributed by atoms with Gasteiger partial charge in [0.25, 0.3) is 0 Å². The average Bonchev–Trinajstić information content (AvgIpc) is 3.20. The Hall–Kier alpha value is -2.17. The van der Waals surface area contributed by atoms with E-state index in [0.717, 1.165) is 23.6 Å². The molecule has 5 nitrogen and oxygen atoms in total. The number of nitrogens with zero attached hydrogens (tertiary/aromatic N) is 2. The van der Waals surface area contributed by atoms with Gasteiger partial charge >= 0.3 is 5.97 Å². The Morgan fingerprint density at radius 2 is 2.17 bits per heavy atom.